The molecule has 2 aromatic heterocycles. The van der Waals surface area contributed by atoms with Gasteiger partial charge in [0.05, 0.1) is 35.3 Å². The summed E-state index contributed by atoms with van der Waals surface area (Å²) in [6.45, 7) is 8.65. The summed E-state index contributed by atoms with van der Waals surface area (Å²) in [5.41, 5.74) is 13.2. The van der Waals surface area contributed by atoms with Gasteiger partial charge in [0, 0.05) is 62.6 Å². The third kappa shape index (κ3) is 8.59. The van der Waals surface area contributed by atoms with Gasteiger partial charge in [0.2, 0.25) is 0 Å². The molecule has 55 heavy (non-hydrogen) atoms. The summed E-state index contributed by atoms with van der Waals surface area (Å²) >= 11 is 0. The number of nitrogens with zero attached hydrogens (tertiary/aromatic N) is 6. The van der Waals surface area contributed by atoms with Crippen molar-refractivity contribution in [2.24, 2.45) is 5.73 Å². The Kier molecular flexibility index (Phi) is 11.5. The Labute approximate surface area is 323 Å². The highest BCUT2D eigenvalue weighted by atomic mass is 16.5. The second kappa shape index (κ2) is 17.5. The number of allylic oxidation sites excluding steroid dienone is 2. The maximum absolute atomic E-state index is 6.19. The lowest BCUT2D eigenvalue weighted by molar-refractivity contribution is 0.225. The van der Waals surface area contributed by atoms with Crippen molar-refractivity contribution in [3.8, 4) is 34.3 Å². The van der Waals surface area contributed by atoms with E-state index >= 15 is 0 Å². The molecule has 0 aliphatic carbocycles. The summed E-state index contributed by atoms with van der Waals surface area (Å²) in [4.78, 5) is 15.1. The highest BCUT2D eigenvalue weighted by Crippen LogP contribution is 2.29. The smallest absolute Gasteiger partial charge is 0.141 e. The Morgan fingerprint density at radius 3 is 1.56 bits per heavy atom. The first kappa shape index (κ1) is 36.1. The standard InChI is InChI=1S/C46H49N7O2/c47-26-10-34-54-39-22-18-36(19-23-39)45-48-41-14-4-6-16-43(41)52(45)28-8-9-29-53-44-17-7-5-15-42(44)49-46(53)37-20-24-40(25-21-37)55-35-11-27-50-30-32-51(33-31-50)38-12-2-1-3-13-38/h1-9,12-25H,10-11,26-35,47H2/b9-8+. The van der Waals surface area contributed by atoms with Crippen molar-refractivity contribution in [2.45, 2.75) is 25.9 Å². The van der Waals surface area contributed by atoms with E-state index in [1.54, 1.807) is 0 Å². The van der Waals surface area contributed by atoms with Gasteiger partial charge in [-0.1, -0.05) is 54.6 Å². The number of piperazine rings is 1. The molecule has 9 heteroatoms. The summed E-state index contributed by atoms with van der Waals surface area (Å²) in [5, 5.41) is 0. The van der Waals surface area contributed by atoms with Crippen LogP contribution in [0.15, 0.2) is 140 Å². The topological polar surface area (TPSA) is 86.6 Å². The molecular formula is C46H49N7O2. The minimum absolute atomic E-state index is 0.613. The second-order valence-electron chi connectivity index (χ2n) is 13.9. The number of para-hydroxylation sites is 5. The minimum Gasteiger partial charge on any atom is -0.494 e. The number of fused-ring (bicyclic) bond motifs is 2. The van der Waals surface area contributed by atoms with Gasteiger partial charge in [0.1, 0.15) is 23.1 Å². The number of hydrogen-bond acceptors (Lipinski definition) is 7. The van der Waals surface area contributed by atoms with Crippen LogP contribution in [0.3, 0.4) is 0 Å². The van der Waals surface area contributed by atoms with Crippen molar-refractivity contribution in [3.05, 3.63) is 140 Å². The number of aromatic nitrogens is 4. The molecule has 0 atom stereocenters. The van der Waals surface area contributed by atoms with Gasteiger partial charge >= 0.3 is 0 Å². The molecule has 1 aliphatic heterocycles. The lowest BCUT2D eigenvalue weighted by Crippen LogP contribution is -2.46. The molecule has 7 aromatic rings. The average molecular weight is 732 g/mol. The van der Waals surface area contributed by atoms with Crippen LogP contribution >= 0.6 is 0 Å². The Balaban J connectivity index is 0.903. The van der Waals surface area contributed by atoms with E-state index in [0.717, 1.165) is 102 Å². The second-order valence-corrected chi connectivity index (χ2v) is 13.9. The quantitative estimate of drug-likeness (QED) is 0.0791. The number of anilines is 1. The van der Waals surface area contributed by atoms with Crippen molar-refractivity contribution in [3.63, 3.8) is 0 Å². The van der Waals surface area contributed by atoms with E-state index in [0.29, 0.717) is 32.8 Å². The average Bonchev–Trinajstić information content (AvgIpc) is 3.80. The van der Waals surface area contributed by atoms with Gasteiger partial charge in [-0.3, -0.25) is 4.90 Å². The van der Waals surface area contributed by atoms with Crippen LogP contribution in [0.2, 0.25) is 0 Å². The number of hydrogen-bond donors (Lipinski definition) is 1. The van der Waals surface area contributed by atoms with Crippen molar-refractivity contribution in [2.75, 3.05) is 57.4 Å². The van der Waals surface area contributed by atoms with Crippen molar-refractivity contribution in [1.29, 1.82) is 0 Å². The molecular weight excluding hydrogens is 683 g/mol. The van der Waals surface area contributed by atoms with Gasteiger partial charge in [0.15, 0.2) is 0 Å². The predicted molar refractivity (Wildman–Crippen MR) is 224 cm³/mol. The largest absolute Gasteiger partial charge is 0.494 e. The highest BCUT2D eigenvalue weighted by Gasteiger charge is 2.17. The van der Waals surface area contributed by atoms with Crippen LogP contribution < -0.4 is 20.1 Å². The van der Waals surface area contributed by atoms with E-state index < -0.39 is 0 Å². The zero-order chi connectivity index (χ0) is 37.2. The van der Waals surface area contributed by atoms with Crippen LogP contribution in [0.5, 0.6) is 11.5 Å². The molecule has 3 heterocycles. The Morgan fingerprint density at radius 2 is 1.04 bits per heavy atom. The van der Waals surface area contributed by atoms with Gasteiger partial charge in [-0.2, -0.15) is 0 Å². The van der Waals surface area contributed by atoms with Crippen LogP contribution in [-0.4, -0.2) is 76.5 Å². The molecule has 8 rings (SSSR count). The lowest BCUT2D eigenvalue weighted by Gasteiger charge is -2.36. The van der Waals surface area contributed by atoms with Crippen LogP contribution in [-0.2, 0) is 13.1 Å². The number of nitrogens with two attached hydrogens (primary N) is 1. The van der Waals surface area contributed by atoms with Crippen LogP contribution in [0.1, 0.15) is 12.8 Å². The first-order chi connectivity index (χ1) is 27.2. The molecule has 0 bridgehead atoms. The first-order valence-electron chi connectivity index (χ1n) is 19.5. The van der Waals surface area contributed by atoms with E-state index in [1.807, 2.05) is 24.3 Å². The van der Waals surface area contributed by atoms with E-state index in [9.17, 15) is 0 Å². The Bertz CT molecular complexity index is 2310. The normalized spacial score (nSPS) is 13.7. The van der Waals surface area contributed by atoms with Gasteiger partial charge < -0.3 is 29.2 Å². The molecule has 280 valence electrons. The van der Waals surface area contributed by atoms with Gasteiger partial charge in [0.25, 0.3) is 0 Å². The maximum Gasteiger partial charge on any atom is 0.141 e. The lowest BCUT2D eigenvalue weighted by atomic mass is 10.2. The zero-order valence-corrected chi connectivity index (χ0v) is 31.3. The summed E-state index contributed by atoms with van der Waals surface area (Å²) in [7, 11) is 0. The number of imidazole rings is 2. The number of benzene rings is 5. The van der Waals surface area contributed by atoms with Gasteiger partial charge in [-0.05, 0) is 104 Å². The van der Waals surface area contributed by atoms with E-state index in [-0.39, 0.29) is 0 Å². The third-order valence-electron chi connectivity index (χ3n) is 10.3. The third-order valence-corrected chi connectivity index (χ3v) is 10.3. The van der Waals surface area contributed by atoms with Crippen LogP contribution in [0, 0.1) is 0 Å². The van der Waals surface area contributed by atoms with Crippen LogP contribution in [0.25, 0.3) is 44.8 Å². The van der Waals surface area contributed by atoms with Crippen molar-refractivity contribution in [1.82, 2.24) is 24.0 Å². The van der Waals surface area contributed by atoms with E-state index in [2.05, 4.69) is 134 Å². The fraction of sp³-hybridized carbons (Fsp3) is 0.261. The first-order valence-corrected chi connectivity index (χ1v) is 19.5. The van der Waals surface area contributed by atoms with Crippen LogP contribution in [0.4, 0.5) is 5.69 Å². The SMILES string of the molecule is NCCCOc1ccc(-c2nc3ccccc3n2C/C=C/Cn2c(-c3ccc(OCCCN4CCN(c5ccccc5)CC4)cc3)nc3ccccc32)cc1. The van der Waals surface area contributed by atoms with Crippen molar-refractivity contribution >= 4 is 27.8 Å². The molecule has 0 amide bonds. The number of rotatable bonds is 16. The molecule has 0 radical (unpaired) electrons. The van der Waals surface area contributed by atoms with Gasteiger partial charge in [-0.15, -0.1) is 0 Å². The molecule has 9 nitrogen and oxygen atoms in total. The summed E-state index contributed by atoms with van der Waals surface area (Å²) in [5.74, 6) is 3.59. The zero-order valence-electron chi connectivity index (χ0n) is 31.3. The predicted octanol–water partition coefficient (Wildman–Crippen LogP) is 8.30. The minimum atomic E-state index is 0.613. The molecule has 0 saturated carbocycles. The monoisotopic (exact) mass is 731 g/mol. The fourth-order valence-corrected chi connectivity index (χ4v) is 7.34. The molecule has 5 aromatic carbocycles. The van der Waals surface area contributed by atoms with E-state index in [1.165, 1.54) is 5.69 Å². The maximum atomic E-state index is 6.19. The summed E-state index contributed by atoms with van der Waals surface area (Å²) in [6, 6.07) is 43.9. The Morgan fingerprint density at radius 1 is 0.545 bits per heavy atom. The van der Waals surface area contributed by atoms with Crippen molar-refractivity contribution < 1.29 is 9.47 Å². The molecule has 2 N–H and O–H groups in total. The highest BCUT2D eigenvalue weighted by molar-refractivity contribution is 5.82. The molecule has 0 spiro atoms. The fourth-order valence-electron chi connectivity index (χ4n) is 7.34. The Hall–Kier alpha value is -5.90. The summed E-state index contributed by atoms with van der Waals surface area (Å²) < 4.78 is 16.6. The number of ether oxygens (including phenoxy) is 2. The molecule has 0 unspecified atom stereocenters. The summed E-state index contributed by atoms with van der Waals surface area (Å²) in [6.07, 6.45) is 6.28. The molecule has 1 aliphatic rings. The molecule has 1 fully saturated rings. The van der Waals surface area contributed by atoms with E-state index in [4.69, 9.17) is 25.2 Å². The molecule has 1 saturated heterocycles. The van der Waals surface area contributed by atoms with Gasteiger partial charge in [-0.25, -0.2) is 9.97 Å².